The highest BCUT2D eigenvalue weighted by atomic mass is 79.9. The van der Waals surface area contributed by atoms with Gasteiger partial charge in [0, 0.05) is 15.4 Å². The maximum absolute atomic E-state index is 10.5. The number of rotatable bonds is 2. The number of carbonyl (C=O) groups excluding carboxylic acids is 1. The number of aromatic carboxylic acids is 1. The van der Waals surface area contributed by atoms with Crippen LogP contribution in [0.5, 0.6) is 0 Å². The number of carboxylic acid groups (broad SMARTS) is 1. The molecule has 0 spiro atoms. The molecular formula is C8H5Br2O2-. The average molecular weight is 293 g/mol. The smallest absolute Gasteiger partial charge is 0.0718 e. The molecule has 0 radical (unpaired) electrons. The molecule has 0 amide bonds. The second kappa shape index (κ2) is 4.05. The fourth-order valence-corrected chi connectivity index (χ4v) is 1.74. The normalized spacial score (nSPS) is 9.83. The molecule has 0 atom stereocenters. The topological polar surface area (TPSA) is 40.1 Å². The van der Waals surface area contributed by atoms with Gasteiger partial charge in [-0.2, -0.15) is 0 Å². The van der Waals surface area contributed by atoms with E-state index in [9.17, 15) is 9.90 Å². The summed E-state index contributed by atoms with van der Waals surface area (Å²) in [7, 11) is 0. The summed E-state index contributed by atoms with van der Waals surface area (Å²) in [5, 5.41) is 11.1. The van der Waals surface area contributed by atoms with Gasteiger partial charge in [0.05, 0.1) is 5.97 Å². The molecule has 0 unspecified atom stereocenters. The van der Waals surface area contributed by atoms with E-state index in [0.717, 1.165) is 4.47 Å². The number of hydrogen-bond acceptors (Lipinski definition) is 2. The van der Waals surface area contributed by atoms with Crippen molar-refractivity contribution in [3.63, 3.8) is 0 Å². The lowest BCUT2D eigenvalue weighted by atomic mass is 10.1. The van der Waals surface area contributed by atoms with E-state index in [2.05, 4.69) is 31.9 Å². The molecule has 1 rings (SSSR count). The highest BCUT2D eigenvalue weighted by Gasteiger charge is 2.01. The summed E-state index contributed by atoms with van der Waals surface area (Å²) in [6.07, 6.45) is 0. The Kier molecular flexibility index (Phi) is 3.29. The average Bonchev–Trinajstić information content (AvgIpc) is 2.03. The maximum Gasteiger partial charge on any atom is 0.0718 e. The third kappa shape index (κ3) is 2.08. The lowest BCUT2D eigenvalue weighted by Gasteiger charge is -2.07. The van der Waals surface area contributed by atoms with E-state index in [1.807, 2.05) is 0 Å². The minimum atomic E-state index is -1.14. The molecule has 0 aliphatic heterocycles. The molecule has 0 aromatic heterocycles. The van der Waals surface area contributed by atoms with Crippen LogP contribution in [0.15, 0.2) is 22.7 Å². The molecule has 0 aliphatic carbocycles. The van der Waals surface area contributed by atoms with Gasteiger partial charge in [-0.1, -0.05) is 37.9 Å². The standard InChI is InChI=1S/C8H6Br2O2/c9-4-5-3-6(10)1-2-7(5)8(11)12/h1-3H,4H2,(H,11,12)/p-1. The van der Waals surface area contributed by atoms with Crippen molar-refractivity contribution >= 4 is 37.8 Å². The Labute approximate surface area is 86.9 Å². The molecule has 0 fully saturated rings. The van der Waals surface area contributed by atoms with Gasteiger partial charge in [0.25, 0.3) is 0 Å². The van der Waals surface area contributed by atoms with E-state index in [1.165, 1.54) is 6.07 Å². The Balaban J connectivity index is 3.20. The summed E-state index contributed by atoms with van der Waals surface area (Å²) in [6, 6.07) is 4.95. The van der Waals surface area contributed by atoms with Crippen LogP contribution in [-0.2, 0) is 5.33 Å². The quantitative estimate of drug-likeness (QED) is 0.779. The van der Waals surface area contributed by atoms with Crippen molar-refractivity contribution in [3.8, 4) is 0 Å². The lowest BCUT2D eigenvalue weighted by Crippen LogP contribution is -2.23. The predicted molar refractivity (Wildman–Crippen MR) is 51.1 cm³/mol. The van der Waals surface area contributed by atoms with Gasteiger partial charge in [0.1, 0.15) is 0 Å². The summed E-state index contributed by atoms with van der Waals surface area (Å²) in [5.41, 5.74) is 0.944. The maximum atomic E-state index is 10.5. The summed E-state index contributed by atoms with van der Waals surface area (Å²) in [6.45, 7) is 0. The van der Waals surface area contributed by atoms with Crippen LogP contribution in [0.4, 0.5) is 0 Å². The molecule has 0 saturated carbocycles. The van der Waals surface area contributed by atoms with Gasteiger partial charge in [-0.05, 0) is 17.7 Å². The second-order valence-electron chi connectivity index (χ2n) is 2.22. The first-order chi connectivity index (χ1) is 5.65. The Morgan fingerprint density at radius 2 is 2.17 bits per heavy atom. The highest BCUT2D eigenvalue weighted by molar-refractivity contribution is 9.10. The molecular weight excluding hydrogens is 288 g/mol. The molecule has 1 aromatic rings. The number of carbonyl (C=O) groups is 1. The number of benzene rings is 1. The first-order valence-electron chi connectivity index (χ1n) is 3.21. The number of hydrogen-bond donors (Lipinski definition) is 0. The molecule has 64 valence electrons. The zero-order valence-corrected chi connectivity index (χ0v) is 9.18. The fraction of sp³-hybridized carbons (Fsp3) is 0.125. The van der Waals surface area contributed by atoms with E-state index in [4.69, 9.17) is 0 Å². The second-order valence-corrected chi connectivity index (χ2v) is 3.70. The van der Waals surface area contributed by atoms with Gasteiger partial charge >= 0.3 is 0 Å². The summed E-state index contributed by atoms with van der Waals surface area (Å²) in [4.78, 5) is 10.5. The Morgan fingerprint density at radius 1 is 1.50 bits per heavy atom. The third-order valence-corrected chi connectivity index (χ3v) is 2.53. The van der Waals surface area contributed by atoms with Crippen LogP contribution in [0, 0.1) is 0 Å². The molecule has 2 nitrogen and oxygen atoms in total. The van der Waals surface area contributed by atoms with Crippen molar-refractivity contribution in [3.05, 3.63) is 33.8 Å². The molecule has 0 bridgehead atoms. The number of halogens is 2. The molecule has 0 aliphatic rings. The monoisotopic (exact) mass is 291 g/mol. The van der Waals surface area contributed by atoms with Crippen LogP contribution in [-0.4, -0.2) is 5.97 Å². The van der Waals surface area contributed by atoms with Crippen molar-refractivity contribution in [2.45, 2.75) is 5.33 Å². The number of carboxylic acids is 1. The summed E-state index contributed by atoms with van der Waals surface area (Å²) >= 11 is 6.45. The van der Waals surface area contributed by atoms with E-state index in [1.54, 1.807) is 12.1 Å². The van der Waals surface area contributed by atoms with E-state index in [-0.39, 0.29) is 5.56 Å². The predicted octanol–water partition coefficient (Wildman–Crippen LogP) is 1.71. The van der Waals surface area contributed by atoms with Crippen LogP contribution in [0.3, 0.4) is 0 Å². The van der Waals surface area contributed by atoms with Crippen LogP contribution in [0.2, 0.25) is 0 Å². The first kappa shape index (κ1) is 9.74. The molecule has 12 heavy (non-hydrogen) atoms. The van der Waals surface area contributed by atoms with Crippen molar-refractivity contribution in [2.75, 3.05) is 0 Å². The summed E-state index contributed by atoms with van der Waals surface area (Å²) < 4.78 is 0.863. The lowest BCUT2D eigenvalue weighted by molar-refractivity contribution is -0.255. The molecule has 0 heterocycles. The van der Waals surface area contributed by atoms with Crippen molar-refractivity contribution in [1.82, 2.24) is 0 Å². The van der Waals surface area contributed by atoms with E-state index < -0.39 is 5.97 Å². The molecule has 0 saturated heterocycles. The minimum absolute atomic E-state index is 0.232. The largest absolute Gasteiger partial charge is 0.545 e. The zero-order chi connectivity index (χ0) is 9.14. The van der Waals surface area contributed by atoms with Gasteiger partial charge in [-0.15, -0.1) is 0 Å². The van der Waals surface area contributed by atoms with Crippen LogP contribution in [0.25, 0.3) is 0 Å². The van der Waals surface area contributed by atoms with Crippen molar-refractivity contribution in [2.24, 2.45) is 0 Å². The van der Waals surface area contributed by atoms with Gasteiger partial charge in [-0.3, -0.25) is 0 Å². The third-order valence-electron chi connectivity index (χ3n) is 1.43. The molecule has 0 N–H and O–H groups in total. The Bertz CT molecular complexity index is 310. The van der Waals surface area contributed by atoms with Crippen molar-refractivity contribution in [1.29, 1.82) is 0 Å². The number of alkyl halides is 1. The van der Waals surface area contributed by atoms with Gasteiger partial charge < -0.3 is 9.90 Å². The van der Waals surface area contributed by atoms with E-state index in [0.29, 0.717) is 10.9 Å². The van der Waals surface area contributed by atoms with Crippen molar-refractivity contribution < 1.29 is 9.90 Å². The highest BCUT2D eigenvalue weighted by Crippen LogP contribution is 2.18. The van der Waals surface area contributed by atoms with Crippen LogP contribution < -0.4 is 5.11 Å². The zero-order valence-electron chi connectivity index (χ0n) is 6.01. The van der Waals surface area contributed by atoms with Gasteiger partial charge in [0.2, 0.25) is 0 Å². The SMILES string of the molecule is O=C([O-])c1ccc(Br)cc1CBr. The fourth-order valence-electron chi connectivity index (χ4n) is 0.872. The summed E-state index contributed by atoms with van der Waals surface area (Å²) in [5.74, 6) is -1.14. The molecule has 1 aromatic carbocycles. The van der Waals surface area contributed by atoms with Crippen LogP contribution in [0.1, 0.15) is 15.9 Å². The van der Waals surface area contributed by atoms with Crippen LogP contribution >= 0.6 is 31.9 Å². The first-order valence-corrected chi connectivity index (χ1v) is 5.12. The van der Waals surface area contributed by atoms with Gasteiger partial charge in [0.15, 0.2) is 0 Å². The Hall–Kier alpha value is -0.350. The Morgan fingerprint density at radius 3 is 2.67 bits per heavy atom. The van der Waals surface area contributed by atoms with E-state index >= 15 is 0 Å². The van der Waals surface area contributed by atoms with Gasteiger partial charge in [-0.25, -0.2) is 0 Å². The molecule has 4 heteroatoms. The minimum Gasteiger partial charge on any atom is -0.545 e.